The van der Waals surface area contributed by atoms with E-state index in [9.17, 15) is 9.90 Å². The third-order valence-corrected chi connectivity index (χ3v) is 2.56. The predicted octanol–water partition coefficient (Wildman–Crippen LogP) is 0.215. The number of carbonyl (C=O) groups excluding carboxylic acids is 1. The van der Waals surface area contributed by atoms with E-state index < -0.39 is 0 Å². The van der Waals surface area contributed by atoms with Crippen LogP contribution in [0, 0.1) is 5.92 Å². The van der Waals surface area contributed by atoms with Crippen LogP contribution in [0.3, 0.4) is 0 Å². The summed E-state index contributed by atoms with van der Waals surface area (Å²) in [7, 11) is 0. The number of nitrogens with zero attached hydrogens (tertiary/aromatic N) is 1. The van der Waals surface area contributed by atoms with Crippen molar-refractivity contribution in [3.05, 3.63) is 0 Å². The monoisotopic (exact) mass is 214 g/mol. The summed E-state index contributed by atoms with van der Waals surface area (Å²) in [5.41, 5.74) is 0. The van der Waals surface area contributed by atoms with Crippen molar-refractivity contribution in [1.82, 2.24) is 10.2 Å². The minimum atomic E-state index is -0.253. The Hall–Kier alpha value is -0.610. The molecule has 0 unspecified atom stereocenters. The summed E-state index contributed by atoms with van der Waals surface area (Å²) in [5.74, 6) is 0.554. The molecule has 1 amide bonds. The van der Waals surface area contributed by atoms with Gasteiger partial charge in [-0.25, -0.2) is 0 Å². The lowest BCUT2D eigenvalue weighted by molar-refractivity contribution is -0.123. The first kappa shape index (κ1) is 12.5. The topological polar surface area (TPSA) is 52.6 Å². The molecule has 0 radical (unpaired) electrons. The van der Waals surface area contributed by atoms with E-state index >= 15 is 0 Å². The summed E-state index contributed by atoms with van der Waals surface area (Å²) in [6.07, 6.45) is 1.60. The molecule has 1 heterocycles. The third-order valence-electron chi connectivity index (χ3n) is 2.56. The van der Waals surface area contributed by atoms with E-state index in [1.807, 2.05) is 4.90 Å². The van der Waals surface area contributed by atoms with Crippen molar-refractivity contribution in [3.8, 4) is 0 Å². The van der Waals surface area contributed by atoms with Crippen molar-refractivity contribution in [1.29, 1.82) is 0 Å². The number of carbonyl (C=O) groups is 1. The number of β-amino-alcohol motifs (C(OH)–C–C–N with tert-alkyl or cyclic N) is 1. The van der Waals surface area contributed by atoms with Gasteiger partial charge in [0.15, 0.2) is 0 Å². The maximum atomic E-state index is 11.5. The van der Waals surface area contributed by atoms with Gasteiger partial charge in [-0.15, -0.1) is 0 Å². The van der Waals surface area contributed by atoms with Gasteiger partial charge in [-0.05, 0) is 25.3 Å². The number of likely N-dealkylation sites (tertiary alicyclic amines) is 1. The zero-order valence-electron chi connectivity index (χ0n) is 9.70. The van der Waals surface area contributed by atoms with Crippen LogP contribution in [0.25, 0.3) is 0 Å². The first-order valence-electron chi connectivity index (χ1n) is 5.75. The molecule has 0 aliphatic carbocycles. The highest BCUT2D eigenvalue weighted by Crippen LogP contribution is 2.08. The number of aliphatic hydroxyl groups is 1. The minimum Gasteiger partial charge on any atom is -0.392 e. The molecule has 0 saturated carbocycles. The molecule has 15 heavy (non-hydrogen) atoms. The summed E-state index contributed by atoms with van der Waals surface area (Å²) in [6.45, 7) is 6.86. The zero-order valence-corrected chi connectivity index (χ0v) is 9.70. The summed E-state index contributed by atoms with van der Waals surface area (Å²) in [4.78, 5) is 13.5. The Balaban J connectivity index is 2.19. The van der Waals surface area contributed by atoms with Gasteiger partial charge in [-0.1, -0.05) is 13.8 Å². The Morgan fingerprint density at radius 1 is 1.60 bits per heavy atom. The standard InChI is InChI=1S/C11H22N2O2/c1-9(2)6-12-11(15)8-13-5-3-4-10(14)7-13/h9-10,14H,3-8H2,1-2H3,(H,12,15)/t10-/m0/s1. The van der Waals surface area contributed by atoms with Gasteiger partial charge >= 0.3 is 0 Å². The first-order valence-corrected chi connectivity index (χ1v) is 5.75. The second kappa shape index (κ2) is 6.08. The molecule has 1 fully saturated rings. The quantitative estimate of drug-likeness (QED) is 0.703. The molecule has 0 aromatic rings. The van der Waals surface area contributed by atoms with Crippen molar-refractivity contribution >= 4 is 5.91 Å². The Morgan fingerprint density at radius 3 is 2.93 bits per heavy atom. The van der Waals surface area contributed by atoms with Crippen molar-refractivity contribution in [2.24, 2.45) is 5.92 Å². The second-order valence-electron chi connectivity index (χ2n) is 4.73. The smallest absolute Gasteiger partial charge is 0.234 e. The van der Waals surface area contributed by atoms with Crippen molar-refractivity contribution < 1.29 is 9.90 Å². The van der Waals surface area contributed by atoms with Crippen LogP contribution in [0.15, 0.2) is 0 Å². The van der Waals surface area contributed by atoms with Gasteiger partial charge in [0.2, 0.25) is 5.91 Å². The number of rotatable bonds is 4. The van der Waals surface area contributed by atoms with Gasteiger partial charge in [0.25, 0.3) is 0 Å². The molecule has 0 aromatic carbocycles. The molecule has 1 atom stereocenters. The SMILES string of the molecule is CC(C)CNC(=O)CN1CCC[C@H](O)C1. The zero-order chi connectivity index (χ0) is 11.3. The fraction of sp³-hybridized carbons (Fsp3) is 0.909. The number of nitrogens with one attached hydrogen (secondary N) is 1. The number of hydrogen-bond donors (Lipinski definition) is 2. The molecule has 4 nitrogen and oxygen atoms in total. The lowest BCUT2D eigenvalue weighted by Crippen LogP contribution is -2.44. The molecule has 4 heteroatoms. The number of piperidine rings is 1. The van der Waals surface area contributed by atoms with E-state index in [-0.39, 0.29) is 12.0 Å². The lowest BCUT2D eigenvalue weighted by atomic mass is 10.1. The van der Waals surface area contributed by atoms with Crippen LogP contribution in [0.4, 0.5) is 0 Å². The van der Waals surface area contributed by atoms with Crippen LogP contribution < -0.4 is 5.32 Å². The summed E-state index contributed by atoms with van der Waals surface area (Å²) in [6, 6.07) is 0. The summed E-state index contributed by atoms with van der Waals surface area (Å²) in [5, 5.41) is 12.3. The summed E-state index contributed by atoms with van der Waals surface area (Å²) >= 11 is 0. The Bertz CT molecular complexity index is 207. The van der Waals surface area contributed by atoms with E-state index in [1.165, 1.54) is 0 Å². The largest absolute Gasteiger partial charge is 0.392 e. The maximum Gasteiger partial charge on any atom is 0.234 e. The molecule has 1 rings (SSSR count). The van der Waals surface area contributed by atoms with E-state index in [2.05, 4.69) is 19.2 Å². The Labute approximate surface area is 91.6 Å². The Morgan fingerprint density at radius 2 is 2.33 bits per heavy atom. The first-order chi connectivity index (χ1) is 7.08. The van der Waals surface area contributed by atoms with Gasteiger partial charge < -0.3 is 10.4 Å². The van der Waals surface area contributed by atoms with Crippen LogP contribution in [0.5, 0.6) is 0 Å². The van der Waals surface area contributed by atoms with Gasteiger partial charge in [-0.3, -0.25) is 9.69 Å². The molecular formula is C11H22N2O2. The average molecular weight is 214 g/mol. The highest BCUT2D eigenvalue weighted by atomic mass is 16.3. The molecule has 0 bridgehead atoms. The fourth-order valence-corrected chi connectivity index (χ4v) is 1.75. The molecule has 2 N–H and O–H groups in total. The van der Waals surface area contributed by atoms with Gasteiger partial charge in [0.1, 0.15) is 0 Å². The van der Waals surface area contributed by atoms with Gasteiger partial charge in [0, 0.05) is 13.1 Å². The summed E-state index contributed by atoms with van der Waals surface area (Å²) < 4.78 is 0. The molecule has 1 aliphatic rings. The van der Waals surface area contributed by atoms with Crippen LogP contribution >= 0.6 is 0 Å². The van der Waals surface area contributed by atoms with Gasteiger partial charge in [-0.2, -0.15) is 0 Å². The fourth-order valence-electron chi connectivity index (χ4n) is 1.75. The molecule has 1 aliphatic heterocycles. The highest BCUT2D eigenvalue weighted by molar-refractivity contribution is 5.78. The van der Waals surface area contributed by atoms with Crippen LogP contribution in [0.2, 0.25) is 0 Å². The second-order valence-corrected chi connectivity index (χ2v) is 4.73. The number of amides is 1. The van der Waals surface area contributed by atoms with Crippen molar-refractivity contribution in [2.45, 2.75) is 32.8 Å². The van der Waals surface area contributed by atoms with Crippen LogP contribution in [0.1, 0.15) is 26.7 Å². The van der Waals surface area contributed by atoms with E-state index in [0.717, 1.165) is 25.9 Å². The van der Waals surface area contributed by atoms with Crippen LogP contribution in [-0.4, -0.2) is 48.2 Å². The molecule has 88 valence electrons. The minimum absolute atomic E-state index is 0.0674. The van der Waals surface area contributed by atoms with E-state index in [0.29, 0.717) is 19.0 Å². The normalized spacial score (nSPS) is 23.1. The van der Waals surface area contributed by atoms with Crippen molar-refractivity contribution in [2.75, 3.05) is 26.2 Å². The van der Waals surface area contributed by atoms with E-state index in [1.54, 1.807) is 0 Å². The third kappa shape index (κ3) is 5.14. The van der Waals surface area contributed by atoms with Gasteiger partial charge in [0.05, 0.1) is 12.6 Å². The molecule has 0 spiro atoms. The van der Waals surface area contributed by atoms with Crippen molar-refractivity contribution in [3.63, 3.8) is 0 Å². The molecule has 0 aromatic heterocycles. The Kier molecular flexibility index (Phi) is 5.05. The predicted molar refractivity (Wildman–Crippen MR) is 59.5 cm³/mol. The number of hydrogen-bond acceptors (Lipinski definition) is 3. The number of aliphatic hydroxyl groups excluding tert-OH is 1. The lowest BCUT2D eigenvalue weighted by Gasteiger charge is -2.29. The molecule has 1 saturated heterocycles. The van der Waals surface area contributed by atoms with Crippen LogP contribution in [-0.2, 0) is 4.79 Å². The highest BCUT2D eigenvalue weighted by Gasteiger charge is 2.19. The van der Waals surface area contributed by atoms with E-state index in [4.69, 9.17) is 0 Å². The average Bonchev–Trinajstić information content (AvgIpc) is 2.15. The molecular weight excluding hydrogens is 192 g/mol. The maximum absolute atomic E-state index is 11.5.